The first-order valence-corrected chi connectivity index (χ1v) is 11.8. The molecule has 3 aromatic rings. The number of ether oxygens (including phenoxy) is 1. The lowest BCUT2D eigenvalue weighted by Crippen LogP contribution is -2.24. The maximum atomic E-state index is 12.6. The van der Waals surface area contributed by atoms with Gasteiger partial charge in [-0.25, -0.2) is 0 Å². The summed E-state index contributed by atoms with van der Waals surface area (Å²) in [7, 11) is 0. The zero-order valence-electron chi connectivity index (χ0n) is 17.8. The van der Waals surface area contributed by atoms with Crippen molar-refractivity contribution in [2.24, 2.45) is 0 Å². The molecule has 164 valence electrons. The minimum Gasteiger partial charge on any atom is -0.494 e. The molecule has 0 bridgehead atoms. The molecule has 6 nitrogen and oxygen atoms in total. The number of nitrogens with one attached hydrogen (secondary N) is 1. The molecule has 1 amide bonds. The Labute approximate surface area is 192 Å². The number of thioether (sulfide) groups is 1. The second-order valence-electron chi connectivity index (χ2n) is 6.97. The van der Waals surface area contributed by atoms with Crippen LogP contribution in [-0.2, 0) is 6.54 Å². The van der Waals surface area contributed by atoms with Crippen molar-refractivity contribution >= 4 is 29.3 Å². The Morgan fingerprint density at radius 2 is 1.94 bits per heavy atom. The van der Waals surface area contributed by atoms with Crippen molar-refractivity contribution in [3.8, 4) is 11.4 Å². The summed E-state index contributed by atoms with van der Waals surface area (Å²) in [6.45, 7) is 5.17. The molecule has 1 aromatic heterocycles. The lowest BCUT2D eigenvalue weighted by atomic mass is 10.2. The third-order valence-electron chi connectivity index (χ3n) is 4.49. The van der Waals surface area contributed by atoms with E-state index < -0.39 is 0 Å². The van der Waals surface area contributed by atoms with Crippen molar-refractivity contribution in [3.05, 3.63) is 64.9 Å². The topological polar surface area (TPSA) is 69.0 Å². The van der Waals surface area contributed by atoms with Crippen molar-refractivity contribution < 1.29 is 9.53 Å². The van der Waals surface area contributed by atoms with Gasteiger partial charge in [-0.2, -0.15) is 0 Å². The van der Waals surface area contributed by atoms with Gasteiger partial charge in [0.25, 0.3) is 5.91 Å². The Hall–Kier alpha value is -2.51. The number of carbonyl (C=O) groups is 1. The van der Waals surface area contributed by atoms with E-state index in [-0.39, 0.29) is 12.5 Å². The standard InChI is InChI=1S/C23H27ClN4O2S/c1-3-5-13-30-20-11-9-17(10-12-20)22(29)25-16-21-26-27-23(31-14-4-2)28(21)19-8-6-7-18(24)15-19/h6-12,15H,3-5,13-14,16H2,1-2H3,(H,25,29). The van der Waals surface area contributed by atoms with Crippen molar-refractivity contribution in [2.75, 3.05) is 12.4 Å². The monoisotopic (exact) mass is 458 g/mol. The first-order chi connectivity index (χ1) is 15.1. The third kappa shape index (κ3) is 6.48. The average Bonchev–Trinajstić information content (AvgIpc) is 3.19. The number of halogens is 1. The van der Waals surface area contributed by atoms with Crippen LogP contribution in [0.3, 0.4) is 0 Å². The van der Waals surface area contributed by atoms with E-state index >= 15 is 0 Å². The molecular weight excluding hydrogens is 432 g/mol. The van der Waals surface area contributed by atoms with Crippen LogP contribution in [0.15, 0.2) is 53.7 Å². The number of hydrogen-bond acceptors (Lipinski definition) is 5. The minimum absolute atomic E-state index is 0.177. The Balaban J connectivity index is 1.71. The number of amides is 1. The van der Waals surface area contributed by atoms with Crippen LogP contribution in [0, 0.1) is 0 Å². The van der Waals surface area contributed by atoms with Crippen molar-refractivity contribution in [2.45, 2.75) is 44.8 Å². The molecule has 0 unspecified atom stereocenters. The highest BCUT2D eigenvalue weighted by Crippen LogP contribution is 2.24. The number of hydrogen-bond donors (Lipinski definition) is 1. The fourth-order valence-electron chi connectivity index (χ4n) is 2.87. The molecule has 0 atom stereocenters. The average molecular weight is 459 g/mol. The molecule has 2 aromatic carbocycles. The first-order valence-electron chi connectivity index (χ1n) is 10.5. The van der Waals surface area contributed by atoms with Crippen molar-refractivity contribution in [1.29, 1.82) is 0 Å². The number of unbranched alkanes of at least 4 members (excludes halogenated alkanes) is 1. The largest absolute Gasteiger partial charge is 0.494 e. The van der Waals surface area contributed by atoms with Crippen LogP contribution in [-0.4, -0.2) is 33.0 Å². The zero-order valence-corrected chi connectivity index (χ0v) is 19.4. The molecule has 0 saturated carbocycles. The molecule has 0 aliphatic carbocycles. The summed E-state index contributed by atoms with van der Waals surface area (Å²) >= 11 is 7.82. The Morgan fingerprint density at radius 1 is 1.13 bits per heavy atom. The van der Waals surface area contributed by atoms with Gasteiger partial charge >= 0.3 is 0 Å². The summed E-state index contributed by atoms with van der Waals surface area (Å²) < 4.78 is 7.59. The SMILES string of the molecule is CCCCOc1ccc(C(=O)NCc2nnc(SCCC)n2-c2cccc(Cl)c2)cc1. The maximum Gasteiger partial charge on any atom is 0.251 e. The number of benzene rings is 2. The molecule has 1 heterocycles. The van der Waals surface area contributed by atoms with E-state index in [1.165, 1.54) is 0 Å². The molecule has 0 aliphatic heterocycles. The lowest BCUT2D eigenvalue weighted by molar-refractivity contribution is 0.0949. The highest BCUT2D eigenvalue weighted by Gasteiger charge is 2.16. The van der Waals surface area contributed by atoms with Gasteiger partial charge < -0.3 is 10.1 Å². The second-order valence-corrected chi connectivity index (χ2v) is 8.47. The molecule has 31 heavy (non-hydrogen) atoms. The number of aromatic nitrogens is 3. The van der Waals surface area contributed by atoms with Gasteiger partial charge in [0.1, 0.15) is 5.75 Å². The van der Waals surface area contributed by atoms with Crippen LogP contribution < -0.4 is 10.1 Å². The van der Waals surface area contributed by atoms with E-state index in [0.717, 1.165) is 41.6 Å². The van der Waals surface area contributed by atoms with Gasteiger partial charge in [-0.1, -0.05) is 49.7 Å². The Kier molecular flexibility index (Phi) is 8.79. The maximum absolute atomic E-state index is 12.6. The van der Waals surface area contributed by atoms with Crippen molar-refractivity contribution in [3.63, 3.8) is 0 Å². The molecule has 0 aliphatic rings. The van der Waals surface area contributed by atoms with Gasteiger partial charge in [0.15, 0.2) is 11.0 Å². The molecular formula is C23H27ClN4O2S. The normalized spacial score (nSPS) is 10.8. The van der Waals surface area contributed by atoms with Gasteiger partial charge in [-0.05, 0) is 55.3 Å². The van der Waals surface area contributed by atoms with Crippen LogP contribution in [0.1, 0.15) is 49.3 Å². The van der Waals surface area contributed by atoms with Gasteiger partial charge in [0, 0.05) is 16.3 Å². The van der Waals surface area contributed by atoms with E-state index in [4.69, 9.17) is 16.3 Å². The summed E-state index contributed by atoms with van der Waals surface area (Å²) in [6.07, 6.45) is 3.12. The Morgan fingerprint density at radius 3 is 2.65 bits per heavy atom. The smallest absolute Gasteiger partial charge is 0.251 e. The molecule has 0 saturated heterocycles. The summed E-state index contributed by atoms with van der Waals surface area (Å²) in [5.41, 5.74) is 1.44. The van der Waals surface area contributed by atoms with E-state index in [1.807, 2.05) is 41.0 Å². The van der Waals surface area contributed by atoms with Gasteiger partial charge in [0.2, 0.25) is 0 Å². The molecule has 3 rings (SSSR count). The minimum atomic E-state index is -0.177. The Bertz CT molecular complexity index is 991. The van der Waals surface area contributed by atoms with Gasteiger partial charge in [0.05, 0.1) is 18.8 Å². The predicted molar refractivity (Wildman–Crippen MR) is 125 cm³/mol. The van der Waals surface area contributed by atoms with Gasteiger partial charge in [-0.3, -0.25) is 9.36 Å². The lowest BCUT2D eigenvalue weighted by Gasteiger charge is -2.11. The fourth-order valence-corrected chi connectivity index (χ4v) is 3.88. The third-order valence-corrected chi connectivity index (χ3v) is 5.86. The number of rotatable bonds is 11. The molecule has 0 spiro atoms. The summed E-state index contributed by atoms with van der Waals surface area (Å²) in [5, 5.41) is 13.0. The molecule has 1 N–H and O–H groups in total. The van der Waals surface area contributed by atoms with Crippen molar-refractivity contribution in [1.82, 2.24) is 20.1 Å². The fraction of sp³-hybridized carbons (Fsp3) is 0.348. The highest BCUT2D eigenvalue weighted by atomic mass is 35.5. The van der Waals surface area contributed by atoms with E-state index in [0.29, 0.717) is 23.0 Å². The predicted octanol–water partition coefficient (Wildman–Crippen LogP) is 5.53. The van der Waals surface area contributed by atoms with Crippen LogP contribution in [0.2, 0.25) is 5.02 Å². The summed E-state index contributed by atoms with van der Waals surface area (Å²) in [4.78, 5) is 12.6. The number of carbonyl (C=O) groups excluding carboxylic acids is 1. The highest BCUT2D eigenvalue weighted by molar-refractivity contribution is 7.99. The van der Waals surface area contributed by atoms with E-state index in [1.54, 1.807) is 23.9 Å². The molecule has 8 heteroatoms. The quantitative estimate of drug-likeness (QED) is 0.302. The van der Waals surface area contributed by atoms with Gasteiger partial charge in [-0.15, -0.1) is 10.2 Å². The van der Waals surface area contributed by atoms with Crippen LogP contribution in [0.4, 0.5) is 0 Å². The van der Waals surface area contributed by atoms with Crippen LogP contribution in [0.25, 0.3) is 5.69 Å². The second kappa shape index (κ2) is 11.8. The van der Waals surface area contributed by atoms with Crippen LogP contribution in [0.5, 0.6) is 5.75 Å². The molecule has 0 radical (unpaired) electrons. The molecule has 0 fully saturated rings. The zero-order chi connectivity index (χ0) is 22.1. The number of nitrogens with zero attached hydrogens (tertiary/aromatic N) is 3. The van der Waals surface area contributed by atoms with E-state index in [2.05, 4.69) is 29.4 Å². The van der Waals surface area contributed by atoms with E-state index in [9.17, 15) is 4.79 Å². The summed E-state index contributed by atoms with van der Waals surface area (Å²) in [6, 6.07) is 14.7. The van der Waals surface area contributed by atoms with Crippen LogP contribution >= 0.6 is 23.4 Å². The summed E-state index contributed by atoms with van der Waals surface area (Å²) in [5.74, 6) is 2.16. The first kappa shape index (κ1) is 23.2.